The fourth-order valence-electron chi connectivity index (χ4n) is 2.77. The van der Waals surface area contributed by atoms with Crippen LogP contribution in [-0.2, 0) is 14.3 Å². The second-order valence-electron chi connectivity index (χ2n) is 6.45. The maximum atomic E-state index is 12.5. The molecule has 1 aliphatic heterocycles. The highest BCUT2D eigenvalue weighted by molar-refractivity contribution is 5.99. The van der Waals surface area contributed by atoms with Crippen LogP contribution in [0.4, 0.5) is 11.4 Å². The number of nitrogens with one attached hydrogen (secondary N) is 2. The highest BCUT2D eigenvalue weighted by Gasteiger charge is 2.35. The fourth-order valence-corrected chi connectivity index (χ4v) is 2.77. The number of aromatic nitrogens is 2. The van der Waals surface area contributed by atoms with E-state index in [0.29, 0.717) is 37.4 Å². The molecule has 0 aliphatic carbocycles. The van der Waals surface area contributed by atoms with E-state index in [9.17, 15) is 9.59 Å². The molecular weight excluding hydrogens is 370 g/mol. The molecule has 27 heavy (non-hydrogen) atoms. The largest absolute Gasteiger partial charge is 0.381 e. The zero-order valence-electron chi connectivity index (χ0n) is 15.1. The summed E-state index contributed by atoms with van der Waals surface area (Å²) in [5, 5.41) is 9.73. The Bertz CT molecular complexity index is 775. The van der Waals surface area contributed by atoms with Gasteiger partial charge in [0.05, 0.1) is 0 Å². The van der Waals surface area contributed by atoms with Crippen LogP contribution in [0.2, 0.25) is 0 Å². The van der Waals surface area contributed by atoms with Crippen molar-refractivity contribution in [3.63, 3.8) is 0 Å². The van der Waals surface area contributed by atoms with Crippen molar-refractivity contribution in [1.82, 2.24) is 9.78 Å². The van der Waals surface area contributed by atoms with E-state index >= 15 is 0 Å². The molecule has 0 saturated carbocycles. The molecule has 1 fully saturated rings. The highest BCUT2D eigenvalue weighted by Crippen LogP contribution is 2.22. The van der Waals surface area contributed by atoms with Crippen LogP contribution in [0, 0.1) is 0 Å². The lowest BCUT2D eigenvalue weighted by Gasteiger charge is -2.31. The summed E-state index contributed by atoms with van der Waals surface area (Å²) in [6.07, 6.45) is 4.32. The summed E-state index contributed by atoms with van der Waals surface area (Å²) in [6, 6.07) is 8.30. The molecular formula is C18H24ClN5O3. The Kier molecular flexibility index (Phi) is 6.95. The Morgan fingerprint density at radius 2 is 1.89 bits per heavy atom. The number of rotatable bonds is 5. The summed E-state index contributed by atoms with van der Waals surface area (Å²) in [5.41, 5.74) is 6.43. The first-order valence-corrected chi connectivity index (χ1v) is 8.56. The molecule has 4 N–H and O–H groups in total. The Labute approximate surface area is 163 Å². The van der Waals surface area contributed by atoms with E-state index < -0.39 is 11.6 Å². The van der Waals surface area contributed by atoms with Gasteiger partial charge in [-0.1, -0.05) is 6.07 Å². The number of hydrogen-bond acceptors (Lipinski definition) is 5. The minimum Gasteiger partial charge on any atom is -0.381 e. The summed E-state index contributed by atoms with van der Waals surface area (Å²) in [5.74, 6) is -0.439. The van der Waals surface area contributed by atoms with Gasteiger partial charge in [0.2, 0.25) is 11.8 Å². The van der Waals surface area contributed by atoms with Gasteiger partial charge in [0.25, 0.3) is 0 Å². The summed E-state index contributed by atoms with van der Waals surface area (Å²) in [7, 11) is 0. The van der Waals surface area contributed by atoms with Crippen LogP contribution >= 0.6 is 12.4 Å². The summed E-state index contributed by atoms with van der Waals surface area (Å²) in [4.78, 5) is 24.8. The molecule has 1 atom stereocenters. The van der Waals surface area contributed by atoms with E-state index in [1.165, 1.54) is 0 Å². The lowest BCUT2D eigenvalue weighted by Crippen LogP contribution is -2.54. The van der Waals surface area contributed by atoms with Gasteiger partial charge in [-0.2, -0.15) is 5.10 Å². The zero-order valence-corrected chi connectivity index (χ0v) is 15.9. The van der Waals surface area contributed by atoms with Crippen LogP contribution in [-0.4, -0.2) is 40.3 Å². The van der Waals surface area contributed by atoms with Gasteiger partial charge in [-0.05, 0) is 44.0 Å². The number of ether oxygens (including phenoxy) is 1. The fraction of sp³-hybridized carbons (Fsp3) is 0.389. The highest BCUT2D eigenvalue weighted by atomic mass is 35.5. The van der Waals surface area contributed by atoms with Crippen molar-refractivity contribution < 1.29 is 14.3 Å². The Hall–Kier alpha value is -2.42. The topological polar surface area (TPSA) is 111 Å². The van der Waals surface area contributed by atoms with E-state index in [4.69, 9.17) is 10.5 Å². The SMILES string of the molecule is CC(C(=O)Nc1cccc(NC(=O)C2(N)CCOCC2)c1)n1cccn1.Cl. The van der Waals surface area contributed by atoms with Crippen molar-refractivity contribution in [3.8, 4) is 0 Å². The number of nitrogens with zero attached hydrogens (tertiary/aromatic N) is 2. The summed E-state index contributed by atoms with van der Waals surface area (Å²) in [6.45, 7) is 2.72. The average Bonchev–Trinajstić information content (AvgIpc) is 3.16. The van der Waals surface area contributed by atoms with Crippen LogP contribution in [0.5, 0.6) is 0 Å². The van der Waals surface area contributed by atoms with Gasteiger partial charge in [0.1, 0.15) is 11.6 Å². The lowest BCUT2D eigenvalue weighted by molar-refractivity contribution is -0.124. The maximum Gasteiger partial charge on any atom is 0.248 e. The second-order valence-corrected chi connectivity index (χ2v) is 6.45. The van der Waals surface area contributed by atoms with Gasteiger partial charge in [-0.25, -0.2) is 0 Å². The van der Waals surface area contributed by atoms with Crippen molar-refractivity contribution in [2.45, 2.75) is 31.3 Å². The number of benzene rings is 1. The molecule has 146 valence electrons. The molecule has 1 aromatic heterocycles. The minimum absolute atomic E-state index is 0. The van der Waals surface area contributed by atoms with Crippen molar-refractivity contribution >= 4 is 35.6 Å². The second kappa shape index (κ2) is 8.98. The molecule has 2 aromatic rings. The van der Waals surface area contributed by atoms with Gasteiger partial charge in [-0.3, -0.25) is 14.3 Å². The van der Waals surface area contributed by atoms with Gasteiger partial charge >= 0.3 is 0 Å². The molecule has 8 nitrogen and oxygen atoms in total. The Morgan fingerprint density at radius 3 is 2.52 bits per heavy atom. The van der Waals surface area contributed by atoms with Crippen molar-refractivity contribution in [3.05, 3.63) is 42.7 Å². The smallest absolute Gasteiger partial charge is 0.248 e. The molecule has 3 rings (SSSR count). The van der Waals surface area contributed by atoms with Crippen LogP contribution in [0.15, 0.2) is 42.7 Å². The monoisotopic (exact) mass is 393 g/mol. The zero-order chi connectivity index (χ0) is 18.6. The normalized spacial score (nSPS) is 16.7. The first kappa shape index (κ1) is 20.9. The predicted octanol–water partition coefficient (Wildman–Crippen LogP) is 1.95. The molecule has 0 bridgehead atoms. The number of carbonyl (C=O) groups excluding carboxylic acids is 2. The molecule has 2 amide bonds. The van der Waals surface area contributed by atoms with Crippen LogP contribution < -0.4 is 16.4 Å². The molecule has 1 aliphatic rings. The lowest BCUT2D eigenvalue weighted by atomic mass is 9.90. The van der Waals surface area contributed by atoms with Crippen LogP contribution in [0.1, 0.15) is 25.8 Å². The summed E-state index contributed by atoms with van der Waals surface area (Å²) < 4.78 is 6.84. The summed E-state index contributed by atoms with van der Waals surface area (Å²) >= 11 is 0. The molecule has 0 spiro atoms. The first-order chi connectivity index (χ1) is 12.5. The number of anilines is 2. The number of carbonyl (C=O) groups is 2. The molecule has 1 saturated heterocycles. The van der Waals surface area contributed by atoms with E-state index in [-0.39, 0.29) is 24.2 Å². The minimum atomic E-state index is -0.924. The number of hydrogen-bond donors (Lipinski definition) is 3. The third-order valence-electron chi connectivity index (χ3n) is 4.53. The van der Waals surface area contributed by atoms with Crippen molar-refractivity contribution in [1.29, 1.82) is 0 Å². The number of amides is 2. The Morgan fingerprint density at radius 1 is 1.22 bits per heavy atom. The van der Waals surface area contributed by atoms with Gasteiger partial charge in [-0.15, -0.1) is 12.4 Å². The van der Waals surface area contributed by atoms with Crippen LogP contribution in [0.3, 0.4) is 0 Å². The number of nitrogens with two attached hydrogens (primary N) is 1. The quantitative estimate of drug-likeness (QED) is 0.718. The third kappa shape index (κ3) is 5.06. The molecule has 2 heterocycles. The molecule has 9 heteroatoms. The third-order valence-corrected chi connectivity index (χ3v) is 4.53. The molecule has 1 aromatic carbocycles. The Balaban J connectivity index is 0.00000261. The van der Waals surface area contributed by atoms with Crippen LogP contribution in [0.25, 0.3) is 0 Å². The average molecular weight is 394 g/mol. The first-order valence-electron chi connectivity index (χ1n) is 8.56. The number of halogens is 1. The van der Waals surface area contributed by atoms with Gasteiger partial charge in [0, 0.05) is 37.0 Å². The van der Waals surface area contributed by atoms with Crippen molar-refractivity contribution in [2.75, 3.05) is 23.8 Å². The van der Waals surface area contributed by atoms with E-state index in [1.807, 2.05) is 0 Å². The maximum absolute atomic E-state index is 12.5. The molecule has 0 radical (unpaired) electrons. The predicted molar refractivity (Wildman–Crippen MR) is 105 cm³/mol. The van der Waals surface area contributed by atoms with Gasteiger partial charge < -0.3 is 21.1 Å². The van der Waals surface area contributed by atoms with Crippen molar-refractivity contribution in [2.24, 2.45) is 5.73 Å². The van der Waals surface area contributed by atoms with E-state index in [0.717, 1.165) is 0 Å². The van der Waals surface area contributed by atoms with E-state index in [1.54, 1.807) is 54.3 Å². The van der Waals surface area contributed by atoms with E-state index in [2.05, 4.69) is 15.7 Å². The van der Waals surface area contributed by atoms with Gasteiger partial charge in [0.15, 0.2) is 0 Å². The standard InChI is InChI=1S/C18H23N5O3.ClH/c1-13(23-9-3-8-20-23)16(24)21-14-4-2-5-15(12-14)22-17(25)18(19)6-10-26-11-7-18;/h2-5,8-9,12-13H,6-7,10-11,19H2,1H3,(H,21,24)(H,22,25);1H. The molecule has 1 unspecified atom stereocenters.